The number of esters is 1. The lowest BCUT2D eigenvalue weighted by molar-refractivity contribution is 0.0734. The Bertz CT molecular complexity index is 901. The van der Waals surface area contributed by atoms with E-state index >= 15 is 0 Å². The molecule has 0 aliphatic rings. The second kappa shape index (κ2) is 8.20. The van der Waals surface area contributed by atoms with Crippen LogP contribution in [0.3, 0.4) is 0 Å². The van der Waals surface area contributed by atoms with Crippen molar-refractivity contribution in [2.24, 2.45) is 0 Å². The molecule has 2 aromatic carbocycles. The summed E-state index contributed by atoms with van der Waals surface area (Å²) in [6.07, 6.45) is 0. The van der Waals surface area contributed by atoms with Gasteiger partial charge in [0.05, 0.1) is 10.6 Å². The SMILES string of the molecule is CCN(CC)S(=O)(=O)c1cc(C(=O)Oc2cc(C)cc(C)c2)ccc1Cl. The van der Waals surface area contributed by atoms with Crippen molar-refractivity contribution >= 4 is 27.6 Å². The van der Waals surface area contributed by atoms with E-state index in [0.29, 0.717) is 18.8 Å². The van der Waals surface area contributed by atoms with Crippen LogP contribution in [-0.4, -0.2) is 31.8 Å². The van der Waals surface area contributed by atoms with Crippen LogP contribution in [0.5, 0.6) is 5.75 Å². The van der Waals surface area contributed by atoms with Crippen LogP contribution in [0.4, 0.5) is 0 Å². The van der Waals surface area contributed by atoms with Crippen LogP contribution in [-0.2, 0) is 10.0 Å². The Morgan fingerprint density at radius 1 is 1.04 bits per heavy atom. The van der Waals surface area contributed by atoms with Crippen LogP contribution in [0.1, 0.15) is 35.3 Å². The number of halogens is 1. The van der Waals surface area contributed by atoms with Crippen molar-refractivity contribution in [2.45, 2.75) is 32.6 Å². The Kier molecular flexibility index (Phi) is 6.44. The van der Waals surface area contributed by atoms with Gasteiger partial charge in [0, 0.05) is 13.1 Å². The molecule has 7 heteroatoms. The molecule has 0 spiro atoms. The fraction of sp³-hybridized carbons (Fsp3) is 0.316. The fourth-order valence-corrected chi connectivity index (χ4v) is 4.65. The Labute approximate surface area is 159 Å². The number of benzene rings is 2. The standard InChI is InChI=1S/C19H22ClNO4S/c1-5-21(6-2)26(23,24)18-12-15(7-8-17(18)20)19(22)25-16-10-13(3)9-14(4)11-16/h7-12H,5-6H2,1-4H3. The zero-order chi connectivity index (χ0) is 19.5. The van der Waals surface area contributed by atoms with Gasteiger partial charge in [-0.05, 0) is 55.3 Å². The molecule has 2 rings (SSSR count). The zero-order valence-electron chi connectivity index (χ0n) is 15.2. The maximum absolute atomic E-state index is 12.7. The third kappa shape index (κ3) is 4.44. The van der Waals surface area contributed by atoms with E-state index in [2.05, 4.69) is 0 Å². The highest BCUT2D eigenvalue weighted by molar-refractivity contribution is 7.89. The summed E-state index contributed by atoms with van der Waals surface area (Å²) in [5.74, 6) is -0.224. The van der Waals surface area contributed by atoms with Crippen LogP contribution in [0, 0.1) is 13.8 Å². The largest absolute Gasteiger partial charge is 0.423 e. The van der Waals surface area contributed by atoms with Gasteiger partial charge in [-0.25, -0.2) is 13.2 Å². The van der Waals surface area contributed by atoms with E-state index in [1.807, 2.05) is 19.9 Å². The van der Waals surface area contributed by atoms with Crippen LogP contribution < -0.4 is 4.74 Å². The molecule has 0 bridgehead atoms. The van der Waals surface area contributed by atoms with Gasteiger partial charge >= 0.3 is 5.97 Å². The maximum Gasteiger partial charge on any atom is 0.343 e. The molecule has 2 aromatic rings. The van der Waals surface area contributed by atoms with Gasteiger partial charge in [-0.2, -0.15) is 4.31 Å². The van der Waals surface area contributed by atoms with E-state index in [1.54, 1.807) is 26.0 Å². The number of aryl methyl sites for hydroxylation is 2. The number of carbonyl (C=O) groups excluding carboxylic acids is 1. The topological polar surface area (TPSA) is 63.7 Å². The van der Waals surface area contributed by atoms with E-state index in [9.17, 15) is 13.2 Å². The average Bonchev–Trinajstić information content (AvgIpc) is 2.54. The summed E-state index contributed by atoms with van der Waals surface area (Å²) in [7, 11) is -3.78. The molecule has 140 valence electrons. The molecule has 0 saturated carbocycles. The van der Waals surface area contributed by atoms with Crippen LogP contribution in [0.2, 0.25) is 5.02 Å². The molecule has 0 amide bonds. The first-order valence-corrected chi connectivity index (χ1v) is 10.1. The molecule has 0 radical (unpaired) electrons. The Morgan fingerprint density at radius 3 is 2.15 bits per heavy atom. The number of sulfonamides is 1. The first-order chi connectivity index (χ1) is 12.2. The van der Waals surface area contributed by atoms with Gasteiger partial charge in [0.2, 0.25) is 10.0 Å². The van der Waals surface area contributed by atoms with Gasteiger partial charge in [-0.15, -0.1) is 0 Å². The second-order valence-electron chi connectivity index (χ2n) is 5.95. The van der Waals surface area contributed by atoms with E-state index < -0.39 is 16.0 Å². The third-order valence-corrected chi connectivity index (χ3v) is 6.43. The van der Waals surface area contributed by atoms with Gasteiger partial charge in [0.1, 0.15) is 10.6 Å². The van der Waals surface area contributed by atoms with Gasteiger partial charge in [-0.1, -0.05) is 31.5 Å². The molecule has 0 atom stereocenters. The molecule has 0 aliphatic carbocycles. The summed E-state index contributed by atoms with van der Waals surface area (Å²) in [6, 6.07) is 9.57. The molecule has 5 nitrogen and oxygen atoms in total. The molecular formula is C19H22ClNO4S. The summed E-state index contributed by atoms with van der Waals surface area (Å²) in [5.41, 5.74) is 2.06. The van der Waals surface area contributed by atoms with Gasteiger partial charge in [0.15, 0.2) is 0 Å². The smallest absolute Gasteiger partial charge is 0.343 e. The van der Waals surface area contributed by atoms with Crippen molar-refractivity contribution in [3.8, 4) is 5.75 Å². The van der Waals surface area contributed by atoms with Crippen molar-refractivity contribution in [2.75, 3.05) is 13.1 Å². The van der Waals surface area contributed by atoms with Gasteiger partial charge < -0.3 is 4.74 Å². The van der Waals surface area contributed by atoms with Gasteiger partial charge in [-0.3, -0.25) is 0 Å². The first-order valence-electron chi connectivity index (χ1n) is 8.29. The Balaban J connectivity index is 2.38. The van der Waals surface area contributed by atoms with Gasteiger partial charge in [0.25, 0.3) is 0 Å². The summed E-state index contributed by atoms with van der Waals surface area (Å²) < 4.78 is 32.1. The fourth-order valence-electron chi connectivity index (χ4n) is 2.69. The highest BCUT2D eigenvalue weighted by atomic mass is 35.5. The number of hydrogen-bond donors (Lipinski definition) is 0. The molecular weight excluding hydrogens is 374 g/mol. The lowest BCUT2D eigenvalue weighted by Crippen LogP contribution is -2.31. The average molecular weight is 396 g/mol. The second-order valence-corrected chi connectivity index (χ2v) is 8.26. The number of rotatable bonds is 6. The molecule has 0 N–H and O–H groups in total. The number of ether oxygens (including phenoxy) is 1. The molecule has 26 heavy (non-hydrogen) atoms. The molecule has 0 unspecified atom stereocenters. The summed E-state index contributed by atoms with van der Waals surface area (Å²) >= 11 is 6.09. The minimum absolute atomic E-state index is 0.0693. The van der Waals surface area contributed by atoms with Crippen molar-refractivity contribution in [3.05, 3.63) is 58.1 Å². The molecule has 0 aliphatic heterocycles. The van der Waals surface area contributed by atoms with E-state index in [1.165, 1.54) is 22.5 Å². The molecule has 0 aromatic heterocycles. The lowest BCUT2D eigenvalue weighted by Gasteiger charge is -2.19. The van der Waals surface area contributed by atoms with Crippen LogP contribution in [0.15, 0.2) is 41.3 Å². The predicted molar refractivity (Wildman–Crippen MR) is 102 cm³/mol. The maximum atomic E-state index is 12.7. The van der Waals surface area contributed by atoms with Crippen molar-refractivity contribution in [3.63, 3.8) is 0 Å². The number of nitrogens with zero attached hydrogens (tertiary/aromatic N) is 1. The van der Waals surface area contributed by atoms with Crippen molar-refractivity contribution in [1.29, 1.82) is 0 Å². The Hall–Kier alpha value is -1.89. The van der Waals surface area contributed by atoms with Crippen molar-refractivity contribution in [1.82, 2.24) is 4.31 Å². The molecule has 0 heterocycles. The van der Waals surface area contributed by atoms with E-state index in [4.69, 9.17) is 16.3 Å². The minimum atomic E-state index is -3.78. The molecule has 0 saturated heterocycles. The number of hydrogen-bond acceptors (Lipinski definition) is 4. The first kappa shape index (κ1) is 20.4. The summed E-state index contributed by atoms with van der Waals surface area (Å²) in [5, 5.41) is 0.0693. The van der Waals surface area contributed by atoms with Crippen molar-refractivity contribution < 1.29 is 17.9 Å². The van der Waals surface area contributed by atoms with Crippen LogP contribution in [0.25, 0.3) is 0 Å². The highest BCUT2D eigenvalue weighted by Crippen LogP contribution is 2.27. The van der Waals surface area contributed by atoms with E-state index in [0.717, 1.165) is 11.1 Å². The monoisotopic (exact) mass is 395 g/mol. The normalized spacial score (nSPS) is 11.6. The Morgan fingerprint density at radius 2 is 1.62 bits per heavy atom. The predicted octanol–water partition coefficient (Wildman–Crippen LogP) is 4.21. The minimum Gasteiger partial charge on any atom is -0.423 e. The summed E-state index contributed by atoms with van der Waals surface area (Å²) in [4.78, 5) is 12.4. The van der Waals surface area contributed by atoms with E-state index in [-0.39, 0.29) is 15.5 Å². The van der Waals surface area contributed by atoms with Crippen LogP contribution >= 0.6 is 11.6 Å². The lowest BCUT2D eigenvalue weighted by atomic mass is 10.1. The molecule has 0 fully saturated rings. The zero-order valence-corrected chi connectivity index (χ0v) is 16.8. The quantitative estimate of drug-likeness (QED) is 0.543. The summed E-state index contributed by atoms with van der Waals surface area (Å²) in [6.45, 7) is 7.92. The highest BCUT2D eigenvalue weighted by Gasteiger charge is 2.26. The third-order valence-electron chi connectivity index (χ3n) is 3.90. The number of carbonyl (C=O) groups is 1.